The van der Waals surface area contributed by atoms with Crippen molar-refractivity contribution in [3.63, 3.8) is 0 Å². The first-order valence-corrected chi connectivity index (χ1v) is 8.66. The molecule has 1 aromatic carbocycles. The van der Waals surface area contributed by atoms with E-state index in [4.69, 9.17) is 5.73 Å². The predicted octanol–water partition coefficient (Wildman–Crippen LogP) is 2.62. The second-order valence-corrected chi connectivity index (χ2v) is 7.16. The third-order valence-electron chi connectivity index (χ3n) is 4.10. The Morgan fingerprint density at radius 3 is 2.58 bits per heavy atom. The lowest BCUT2D eigenvalue weighted by Gasteiger charge is -2.30. The van der Waals surface area contributed by atoms with E-state index in [2.05, 4.69) is 15.2 Å². The molecule has 0 spiro atoms. The quantitative estimate of drug-likeness (QED) is 0.759. The summed E-state index contributed by atoms with van der Waals surface area (Å²) in [6.07, 6.45) is 7.50. The Morgan fingerprint density at radius 1 is 1.17 bits per heavy atom. The van der Waals surface area contributed by atoms with Crippen molar-refractivity contribution in [2.45, 2.75) is 29.3 Å². The van der Waals surface area contributed by atoms with Crippen LogP contribution in [0.5, 0.6) is 5.75 Å². The van der Waals surface area contributed by atoms with Crippen LogP contribution in [0.3, 0.4) is 0 Å². The first kappa shape index (κ1) is 15.2. The van der Waals surface area contributed by atoms with Gasteiger partial charge in [-0.05, 0) is 37.1 Å². The zero-order chi connectivity index (χ0) is 16.5. The molecule has 0 radical (unpaired) electrons. The molecule has 6 nitrogen and oxygen atoms in total. The van der Waals surface area contributed by atoms with Crippen LogP contribution in [0.1, 0.15) is 12.8 Å². The van der Waals surface area contributed by atoms with Crippen molar-refractivity contribution in [1.29, 1.82) is 0 Å². The van der Waals surface area contributed by atoms with E-state index in [0.717, 1.165) is 18.5 Å². The molecule has 4 rings (SSSR count). The SMILES string of the molecule is NC1CC(Sc2ncc(-c3ccc(-n4cccc4)cc3O)nn2)C1. The number of benzene rings is 1. The molecule has 0 amide bonds. The highest BCUT2D eigenvalue weighted by Crippen LogP contribution is 2.34. The average Bonchev–Trinajstić information content (AvgIpc) is 3.09. The van der Waals surface area contributed by atoms with Gasteiger partial charge in [0.2, 0.25) is 5.16 Å². The van der Waals surface area contributed by atoms with Gasteiger partial charge in [0.15, 0.2) is 0 Å². The summed E-state index contributed by atoms with van der Waals surface area (Å²) in [6.45, 7) is 0. The number of hydrogen-bond acceptors (Lipinski definition) is 6. The van der Waals surface area contributed by atoms with E-state index >= 15 is 0 Å². The molecule has 0 aliphatic heterocycles. The van der Waals surface area contributed by atoms with Gasteiger partial charge in [0.25, 0.3) is 0 Å². The van der Waals surface area contributed by atoms with Crippen molar-refractivity contribution >= 4 is 11.8 Å². The first-order chi connectivity index (χ1) is 11.7. The maximum absolute atomic E-state index is 10.3. The molecule has 2 aromatic heterocycles. The normalized spacial score (nSPS) is 19.9. The number of thioether (sulfide) groups is 1. The predicted molar refractivity (Wildman–Crippen MR) is 93.1 cm³/mol. The molecular weight excluding hydrogens is 322 g/mol. The maximum atomic E-state index is 10.3. The van der Waals surface area contributed by atoms with Gasteiger partial charge in [-0.15, -0.1) is 10.2 Å². The number of phenolic OH excluding ortho intramolecular Hbond substituents is 1. The van der Waals surface area contributed by atoms with Crippen molar-refractivity contribution < 1.29 is 5.11 Å². The Hall–Kier alpha value is -2.38. The van der Waals surface area contributed by atoms with E-state index in [9.17, 15) is 5.11 Å². The molecular formula is C17H17N5OS. The minimum atomic E-state index is 0.155. The summed E-state index contributed by atoms with van der Waals surface area (Å²) >= 11 is 1.61. The van der Waals surface area contributed by atoms with Crippen LogP contribution in [-0.2, 0) is 0 Å². The summed E-state index contributed by atoms with van der Waals surface area (Å²) in [5.74, 6) is 0.155. The molecule has 7 heteroatoms. The van der Waals surface area contributed by atoms with E-state index in [-0.39, 0.29) is 5.75 Å². The minimum Gasteiger partial charge on any atom is -0.507 e. The fraction of sp³-hybridized carbons (Fsp3) is 0.235. The topological polar surface area (TPSA) is 89.8 Å². The van der Waals surface area contributed by atoms with Crippen molar-refractivity contribution in [3.8, 4) is 22.7 Å². The van der Waals surface area contributed by atoms with Crippen molar-refractivity contribution in [2.24, 2.45) is 5.73 Å². The molecule has 3 N–H and O–H groups in total. The molecule has 0 saturated heterocycles. The molecule has 24 heavy (non-hydrogen) atoms. The Balaban J connectivity index is 1.53. The fourth-order valence-corrected chi connectivity index (χ4v) is 3.88. The molecule has 2 heterocycles. The fourth-order valence-electron chi connectivity index (χ4n) is 2.70. The van der Waals surface area contributed by atoms with Gasteiger partial charge in [-0.1, -0.05) is 11.8 Å². The van der Waals surface area contributed by atoms with Crippen molar-refractivity contribution in [3.05, 3.63) is 48.9 Å². The van der Waals surface area contributed by atoms with E-state index in [1.165, 1.54) is 0 Å². The Bertz CT molecular complexity index is 829. The van der Waals surface area contributed by atoms with Crippen molar-refractivity contribution in [2.75, 3.05) is 0 Å². The van der Waals surface area contributed by atoms with E-state index in [1.54, 1.807) is 24.0 Å². The van der Waals surface area contributed by atoms with Gasteiger partial charge in [-0.2, -0.15) is 0 Å². The number of phenols is 1. The van der Waals surface area contributed by atoms with Crippen LogP contribution in [-0.4, -0.2) is 36.1 Å². The lowest BCUT2D eigenvalue weighted by Crippen LogP contribution is -2.38. The molecule has 1 aliphatic carbocycles. The number of hydrogen-bond donors (Lipinski definition) is 2. The monoisotopic (exact) mass is 339 g/mol. The highest BCUT2D eigenvalue weighted by atomic mass is 32.2. The van der Waals surface area contributed by atoms with Crippen LogP contribution >= 0.6 is 11.8 Å². The van der Waals surface area contributed by atoms with Gasteiger partial charge < -0.3 is 15.4 Å². The van der Waals surface area contributed by atoms with Crippen LogP contribution in [0.4, 0.5) is 0 Å². The zero-order valence-electron chi connectivity index (χ0n) is 12.9. The Labute approximate surface area is 143 Å². The molecule has 1 aliphatic rings. The van der Waals surface area contributed by atoms with Crippen LogP contribution in [0.25, 0.3) is 16.9 Å². The number of nitrogens with two attached hydrogens (primary N) is 1. The lowest BCUT2D eigenvalue weighted by molar-refractivity contribution is 0.432. The smallest absolute Gasteiger partial charge is 0.209 e. The van der Waals surface area contributed by atoms with Crippen LogP contribution in [0, 0.1) is 0 Å². The molecule has 3 aromatic rings. The second-order valence-electron chi connectivity index (χ2n) is 5.89. The third kappa shape index (κ3) is 3.00. The lowest BCUT2D eigenvalue weighted by atomic mass is 9.94. The highest BCUT2D eigenvalue weighted by Gasteiger charge is 2.27. The molecule has 1 fully saturated rings. The molecule has 1 saturated carbocycles. The Morgan fingerprint density at radius 2 is 1.96 bits per heavy atom. The van der Waals surface area contributed by atoms with Crippen LogP contribution < -0.4 is 5.73 Å². The summed E-state index contributed by atoms with van der Waals surface area (Å²) in [5, 5.41) is 19.8. The van der Waals surface area contributed by atoms with Gasteiger partial charge in [0, 0.05) is 41.0 Å². The minimum absolute atomic E-state index is 0.155. The summed E-state index contributed by atoms with van der Waals surface area (Å²) in [6, 6.07) is 9.64. The highest BCUT2D eigenvalue weighted by molar-refractivity contribution is 7.99. The van der Waals surface area contributed by atoms with Gasteiger partial charge in [-0.3, -0.25) is 0 Å². The average molecular weight is 339 g/mol. The molecule has 0 atom stereocenters. The zero-order valence-corrected chi connectivity index (χ0v) is 13.7. The number of nitrogens with zero attached hydrogens (tertiary/aromatic N) is 4. The van der Waals surface area contributed by atoms with Gasteiger partial charge in [0.05, 0.1) is 6.20 Å². The molecule has 122 valence electrons. The van der Waals surface area contributed by atoms with E-state index in [0.29, 0.717) is 27.7 Å². The summed E-state index contributed by atoms with van der Waals surface area (Å²) in [5.41, 5.74) is 7.85. The Kier molecular flexibility index (Phi) is 3.95. The third-order valence-corrected chi connectivity index (χ3v) is 5.22. The van der Waals surface area contributed by atoms with Gasteiger partial charge in [0.1, 0.15) is 11.4 Å². The van der Waals surface area contributed by atoms with Gasteiger partial charge in [-0.25, -0.2) is 4.98 Å². The summed E-state index contributed by atoms with van der Waals surface area (Å²) in [7, 11) is 0. The van der Waals surface area contributed by atoms with E-state index < -0.39 is 0 Å². The second kappa shape index (κ2) is 6.26. The standard InChI is InChI=1S/C17H17N5OS/c18-11-7-13(8-11)24-17-19-10-15(20-21-17)14-4-3-12(9-16(14)23)22-5-1-2-6-22/h1-6,9-11,13,23H,7-8,18H2. The van der Waals surface area contributed by atoms with E-state index in [1.807, 2.05) is 41.2 Å². The number of aromatic nitrogens is 4. The van der Waals surface area contributed by atoms with Crippen LogP contribution in [0.15, 0.2) is 54.1 Å². The van der Waals surface area contributed by atoms with Gasteiger partial charge >= 0.3 is 0 Å². The molecule has 0 unspecified atom stereocenters. The number of rotatable bonds is 4. The summed E-state index contributed by atoms with van der Waals surface area (Å²) in [4.78, 5) is 4.35. The molecule has 0 bridgehead atoms. The number of aromatic hydroxyl groups is 1. The first-order valence-electron chi connectivity index (χ1n) is 7.78. The van der Waals surface area contributed by atoms with Crippen LogP contribution in [0.2, 0.25) is 0 Å². The summed E-state index contributed by atoms with van der Waals surface area (Å²) < 4.78 is 1.93. The van der Waals surface area contributed by atoms with Crippen molar-refractivity contribution in [1.82, 2.24) is 19.7 Å². The largest absolute Gasteiger partial charge is 0.507 e. The maximum Gasteiger partial charge on any atom is 0.209 e.